The quantitative estimate of drug-likeness (QED) is 0.659. The fourth-order valence-corrected chi connectivity index (χ4v) is 1.92. The monoisotopic (exact) mass is 190 g/mol. The predicted octanol–water partition coefficient (Wildman–Crippen LogP) is 1.34. The maximum absolute atomic E-state index is 10.6. The number of nitrogens with zero attached hydrogens (tertiary/aromatic N) is 2. The molecule has 3 nitrogen and oxygen atoms in total. The van der Waals surface area contributed by atoms with Crippen molar-refractivity contribution in [1.82, 2.24) is 9.88 Å². The van der Waals surface area contributed by atoms with E-state index in [1.807, 2.05) is 30.0 Å². The molecule has 1 saturated heterocycles. The van der Waals surface area contributed by atoms with Crippen molar-refractivity contribution in [2.75, 3.05) is 13.1 Å². The lowest BCUT2D eigenvalue weighted by atomic mass is 10.0. The summed E-state index contributed by atoms with van der Waals surface area (Å²) in [5, 5.41) is 0. The predicted molar refractivity (Wildman–Crippen MR) is 54.0 cm³/mol. The number of hydrogen-bond acceptors (Lipinski definition) is 2. The minimum atomic E-state index is 0.431. The zero-order valence-electron chi connectivity index (χ0n) is 8.31. The van der Waals surface area contributed by atoms with Crippen molar-refractivity contribution in [1.29, 1.82) is 0 Å². The second-order valence-corrected chi connectivity index (χ2v) is 3.79. The molecule has 2 rings (SSSR count). The van der Waals surface area contributed by atoms with Gasteiger partial charge in [0, 0.05) is 30.4 Å². The van der Waals surface area contributed by atoms with Gasteiger partial charge in [0.05, 0.1) is 0 Å². The number of aryl methyl sites for hydroxylation is 1. The van der Waals surface area contributed by atoms with Gasteiger partial charge >= 0.3 is 0 Å². The summed E-state index contributed by atoms with van der Waals surface area (Å²) in [4.78, 5) is 16.9. The van der Waals surface area contributed by atoms with Crippen LogP contribution in [0.5, 0.6) is 0 Å². The Morgan fingerprint density at radius 3 is 3.07 bits per heavy atom. The molecular formula is C11H14N2O. The average molecular weight is 190 g/mol. The molecule has 0 bridgehead atoms. The third-order valence-corrected chi connectivity index (χ3v) is 2.70. The Hall–Kier alpha value is -1.38. The number of amides is 1. The zero-order chi connectivity index (χ0) is 9.97. The molecule has 1 aliphatic rings. The van der Waals surface area contributed by atoms with Gasteiger partial charge in [-0.3, -0.25) is 9.78 Å². The van der Waals surface area contributed by atoms with E-state index in [0.717, 1.165) is 37.3 Å². The topological polar surface area (TPSA) is 33.2 Å². The summed E-state index contributed by atoms with van der Waals surface area (Å²) < 4.78 is 0. The number of pyridine rings is 1. The number of carbonyl (C=O) groups excluding carboxylic acids is 1. The average Bonchev–Trinajstić information content (AvgIpc) is 2.66. The molecule has 0 aromatic carbocycles. The van der Waals surface area contributed by atoms with E-state index in [2.05, 4.69) is 4.98 Å². The molecule has 0 radical (unpaired) electrons. The summed E-state index contributed by atoms with van der Waals surface area (Å²) in [6.45, 7) is 3.68. The Morgan fingerprint density at radius 2 is 2.43 bits per heavy atom. The molecule has 3 heteroatoms. The van der Waals surface area contributed by atoms with Crippen LogP contribution >= 0.6 is 0 Å². The van der Waals surface area contributed by atoms with Gasteiger partial charge in [-0.15, -0.1) is 0 Å². The second-order valence-electron chi connectivity index (χ2n) is 3.79. The summed E-state index contributed by atoms with van der Waals surface area (Å²) >= 11 is 0. The molecule has 1 atom stereocenters. The van der Waals surface area contributed by atoms with Gasteiger partial charge in [-0.05, 0) is 25.5 Å². The van der Waals surface area contributed by atoms with E-state index < -0.39 is 0 Å². The SMILES string of the molecule is Cc1cccc(C2CCN(C=O)C2)n1. The molecule has 0 N–H and O–H groups in total. The molecule has 1 aromatic heterocycles. The van der Waals surface area contributed by atoms with Crippen LogP contribution in [0, 0.1) is 6.92 Å². The largest absolute Gasteiger partial charge is 0.345 e. The summed E-state index contributed by atoms with van der Waals surface area (Å²) in [5.74, 6) is 0.431. The summed E-state index contributed by atoms with van der Waals surface area (Å²) in [7, 11) is 0. The molecule has 1 aliphatic heterocycles. The van der Waals surface area contributed by atoms with Crippen LogP contribution in [-0.4, -0.2) is 29.4 Å². The highest BCUT2D eigenvalue weighted by atomic mass is 16.1. The van der Waals surface area contributed by atoms with E-state index in [4.69, 9.17) is 0 Å². The van der Waals surface area contributed by atoms with Gasteiger partial charge < -0.3 is 4.90 Å². The highest BCUT2D eigenvalue weighted by Crippen LogP contribution is 2.24. The second kappa shape index (κ2) is 3.78. The van der Waals surface area contributed by atoms with Gasteiger partial charge in [-0.2, -0.15) is 0 Å². The maximum Gasteiger partial charge on any atom is 0.209 e. The van der Waals surface area contributed by atoms with Crippen molar-refractivity contribution in [2.24, 2.45) is 0 Å². The molecule has 0 aliphatic carbocycles. The lowest BCUT2D eigenvalue weighted by Crippen LogP contribution is -2.17. The van der Waals surface area contributed by atoms with E-state index in [-0.39, 0.29) is 0 Å². The number of carbonyl (C=O) groups is 1. The Morgan fingerprint density at radius 1 is 1.57 bits per heavy atom. The standard InChI is InChI=1S/C11H14N2O/c1-9-3-2-4-11(12-9)10-5-6-13(7-10)8-14/h2-4,8,10H,5-7H2,1H3. The molecule has 2 heterocycles. The van der Waals surface area contributed by atoms with Crippen molar-refractivity contribution in [3.63, 3.8) is 0 Å². The van der Waals surface area contributed by atoms with Crippen LogP contribution < -0.4 is 0 Å². The van der Waals surface area contributed by atoms with Crippen molar-refractivity contribution < 1.29 is 4.79 Å². The molecule has 14 heavy (non-hydrogen) atoms. The van der Waals surface area contributed by atoms with Gasteiger partial charge in [0.25, 0.3) is 0 Å². The lowest BCUT2D eigenvalue weighted by Gasteiger charge is -2.10. The first kappa shape index (κ1) is 9.19. The highest BCUT2D eigenvalue weighted by molar-refractivity contribution is 5.48. The third-order valence-electron chi connectivity index (χ3n) is 2.70. The Bertz CT molecular complexity index is 338. The molecule has 1 aromatic rings. The molecule has 0 saturated carbocycles. The van der Waals surface area contributed by atoms with E-state index >= 15 is 0 Å². The number of hydrogen-bond donors (Lipinski definition) is 0. The van der Waals surface area contributed by atoms with Crippen LogP contribution in [-0.2, 0) is 4.79 Å². The van der Waals surface area contributed by atoms with Crippen LogP contribution in [0.3, 0.4) is 0 Å². The maximum atomic E-state index is 10.6. The molecule has 1 fully saturated rings. The van der Waals surface area contributed by atoms with Gasteiger partial charge in [0.15, 0.2) is 0 Å². The van der Waals surface area contributed by atoms with Crippen LogP contribution in [0.1, 0.15) is 23.7 Å². The first-order valence-electron chi connectivity index (χ1n) is 4.92. The Labute approximate surface area is 83.8 Å². The number of likely N-dealkylation sites (tertiary alicyclic amines) is 1. The summed E-state index contributed by atoms with van der Waals surface area (Å²) in [6, 6.07) is 6.07. The van der Waals surface area contributed by atoms with Gasteiger partial charge in [-0.1, -0.05) is 6.07 Å². The molecule has 1 unspecified atom stereocenters. The van der Waals surface area contributed by atoms with Crippen molar-refractivity contribution in [2.45, 2.75) is 19.3 Å². The molecule has 1 amide bonds. The van der Waals surface area contributed by atoms with Crippen molar-refractivity contribution in [3.8, 4) is 0 Å². The van der Waals surface area contributed by atoms with Crippen molar-refractivity contribution in [3.05, 3.63) is 29.6 Å². The van der Waals surface area contributed by atoms with E-state index in [9.17, 15) is 4.79 Å². The van der Waals surface area contributed by atoms with Gasteiger partial charge in [-0.25, -0.2) is 0 Å². The minimum Gasteiger partial charge on any atom is -0.345 e. The minimum absolute atomic E-state index is 0.431. The number of aromatic nitrogens is 1. The van der Waals surface area contributed by atoms with Gasteiger partial charge in [0.1, 0.15) is 0 Å². The van der Waals surface area contributed by atoms with E-state index in [0.29, 0.717) is 5.92 Å². The van der Waals surface area contributed by atoms with E-state index in [1.54, 1.807) is 0 Å². The molecular weight excluding hydrogens is 176 g/mol. The Balaban J connectivity index is 2.13. The van der Waals surface area contributed by atoms with Crippen LogP contribution in [0.15, 0.2) is 18.2 Å². The van der Waals surface area contributed by atoms with Crippen molar-refractivity contribution >= 4 is 6.41 Å². The fourth-order valence-electron chi connectivity index (χ4n) is 1.92. The normalized spacial score (nSPS) is 21.2. The fraction of sp³-hybridized carbons (Fsp3) is 0.455. The summed E-state index contributed by atoms with van der Waals surface area (Å²) in [5.41, 5.74) is 2.17. The first-order valence-corrected chi connectivity index (χ1v) is 4.92. The molecule has 0 spiro atoms. The Kier molecular flexibility index (Phi) is 2.48. The zero-order valence-corrected chi connectivity index (χ0v) is 8.31. The number of rotatable bonds is 2. The van der Waals surface area contributed by atoms with Crippen LogP contribution in [0.25, 0.3) is 0 Å². The molecule has 74 valence electrons. The smallest absolute Gasteiger partial charge is 0.209 e. The highest BCUT2D eigenvalue weighted by Gasteiger charge is 2.23. The van der Waals surface area contributed by atoms with E-state index in [1.165, 1.54) is 0 Å². The van der Waals surface area contributed by atoms with Crippen LogP contribution in [0.4, 0.5) is 0 Å². The van der Waals surface area contributed by atoms with Gasteiger partial charge in [0.2, 0.25) is 6.41 Å². The van der Waals surface area contributed by atoms with Crippen LogP contribution in [0.2, 0.25) is 0 Å². The summed E-state index contributed by atoms with van der Waals surface area (Å²) in [6.07, 6.45) is 1.96. The third kappa shape index (κ3) is 1.76. The first-order chi connectivity index (χ1) is 6.79. The lowest BCUT2D eigenvalue weighted by molar-refractivity contribution is -0.117.